The molecule has 0 fully saturated rings. The van der Waals surface area contributed by atoms with Gasteiger partial charge < -0.3 is 15.4 Å². The standard InChI is InChI=1S/C19H17ClN4O2/c1-12-10-16(24-19(21-12)23-13-6-4-3-5-7-13)18(25)22-14-8-9-17(26-2)15(20)11-14/h3-11H,1-2H3,(H,22,25)(H,21,23,24). The van der Waals surface area contributed by atoms with Crippen molar-refractivity contribution in [3.8, 4) is 5.75 Å². The average molecular weight is 369 g/mol. The van der Waals surface area contributed by atoms with Gasteiger partial charge in [0.1, 0.15) is 11.4 Å². The van der Waals surface area contributed by atoms with Crippen molar-refractivity contribution in [2.24, 2.45) is 0 Å². The third-order valence-corrected chi connectivity index (χ3v) is 3.82. The van der Waals surface area contributed by atoms with Gasteiger partial charge in [0.15, 0.2) is 0 Å². The van der Waals surface area contributed by atoms with Crippen LogP contribution in [0.15, 0.2) is 54.6 Å². The Morgan fingerprint density at radius 1 is 1.04 bits per heavy atom. The number of nitrogens with one attached hydrogen (secondary N) is 2. The van der Waals surface area contributed by atoms with Crippen molar-refractivity contribution in [3.05, 3.63) is 71.0 Å². The van der Waals surface area contributed by atoms with E-state index in [4.69, 9.17) is 16.3 Å². The number of ether oxygens (including phenoxy) is 1. The van der Waals surface area contributed by atoms with Crippen LogP contribution in [0.4, 0.5) is 17.3 Å². The Balaban J connectivity index is 1.80. The lowest BCUT2D eigenvalue weighted by molar-refractivity contribution is 0.102. The summed E-state index contributed by atoms with van der Waals surface area (Å²) in [5, 5.41) is 6.27. The van der Waals surface area contributed by atoms with Crippen LogP contribution >= 0.6 is 11.6 Å². The molecule has 0 bridgehead atoms. The minimum atomic E-state index is -0.354. The van der Waals surface area contributed by atoms with Crippen molar-refractivity contribution in [2.75, 3.05) is 17.7 Å². The van der Waals surface area contributed by atoms with Gasteiger partial charge in [-0.05, 0) is 43.3 Å². The molecule has 26 heavy (non-hydrogen) atoms. The predicted molar refractivity (Wildman–Crippen MR) is 102 cm³/mol. The average Bonchev–Trinajstić information content (AvgIpc) is 2.62. The molecule has 2 N–H and O–H groups in total. The number of carbonyl (C=O) groups is 1. The van der Waals surface area contributed by atoms with E-state index in [1.807, 2.05) is 30.3 Å². The van der Waals surface area contributed by atoms with Gasteiger partial charge in [0, 0.05) is 17.1 Å². The largest absolute Gasteiger partial charge is 0.495 e. The van der Waals surface area contributed by atoms with E-state index >= 15 is 0 Å². The lowest BCUT2D eigenvalue weighted by Gasteiger charge is -2.10. The lowest BCUT2D eigenvalue weighted by atomic mass is 10.2. The molecule has 0 atom stereocenters. The van der Waals surface area contributed by atoms with Crippen molar-refractivity contribution < 1.29 is 9.53 Å². The Morgan fingerprint density at radius 2 is 1.81 bits per heavy atom. The normalized spacial score (nSPS) is 10.3. The Hall–Kier alpha value is -3.12. The summed E-state index contributed by atoms with van der Waals surface area (Å²) in [5.74, 6) is 0.541. The third-order valence-electron chi connectivity index (χ3n) is 3.53. The monoisotopic (exact) mass is 368 g/mol. The molecule has 0 radical (unpaired) electrons. The van der Waals surface area contributed by atoms with E-state index < -0.39 is 0 Å². The summed E-state index contributed by atoms with van der Waals surface area (Å²) in [6.07, 6.45) is 0. The molecule has 0 aliphatic carbocycles. The first kappa shape index (κ1) is 17.7. The minimum absolute atomic E-state index is 0.253. The molecule has 1 heterocycles. The van der Waals surface area contributed by atoms with Crippen LogP contribution in [-0.2, 0) is 0 Å². The van der Waals surface area contributed by atoms with Gasteiger partial charge in [-0.3, -0.25) is 4.79 Å². The van der Waals surface area contributed by atoms with Crippen molar-refractivity contribution in [1.29, 1.82) is 0 Å². The van der Waals surface area contributed by atoms with E-state index in [1.165, 1.54) is 7.11 Å². The highest BCUT2D eigenvalue weighted by molar-refractivity contribution is 6.32. The summed E-state index contributed by atoms with van der Waals surface area (Å²) in [6, 6.07) is 16.1. The molecule has 0 saturated carbocycles. The highest BCUT2D eigenvalue weighted by Gasteiger charge is 2.12. The van der Waals surface area contributed by atoms with Crippen molar-refractivity contribution in [1.82, 2.24) is 9.97 Å². The molecule has 132 valence electrons. The molecule has 7 heteroatoms. The highest BCUT2D eigenvalue weighted by atomic mass is 35.5. The zero-order valence-electron chi connectivity index (χ0n) is 14.3. The lowest BCUT2D eigenvalue weighted by Crippen LogP contribution is -2.15. The Bertz CT molecular complexity index is 932. The van der Waals surface area contributed by atoms with Gasteiger partial charge in [0.05, 0.1) is 12.1 Å². The topological polar surface area (TPSA) is 76.1 Å². The number of methoxy groups -OCH3 is 1. The molecule has 3 aromatic rings. The minimum Gasteiger partial charge on any atom is -0.495 e. The SMILES string of the molecule is COc1ccc(NC(=O)c2cc(C)nc(Nc3ccccc3)n2)cc1Cl. The van der Waals surface area contributed by atoms with Crippen LogP contribution in [0.2, 0.25) is 5.02 Å². The molecular formula is C19H17ClN4O2. The zero-order valence-corrected chi connectivity index (χ0v) is 15.0. The summed E-state index contributed by atoms with van der Waals surface area (Å²) >= 11 is 6.09. The number of nitrogens with zero attached hydrogens (tertiary/aromatic N) is 2. The number of halogens is 1. The van der Waals surface area contributed by atoms with E-state index in [2.05, 4.69) is 20.6 Å². The predicted octanol–water partition coefficient (Wildman–Crippen LogP) is 4.44. The number of anilines is 3. The molecule has 0 aliphatic heterocycles. The van der Waals surface area contributed by atoms with E-state index in [0.29, 0.717) is 28.1 Å². The summed E-state index contributed by atoms with van der Waals surface area (Å²) in [5.41, 5.74) is 2.32. The molecule has 0 unspecified atom stereocenters. The number of carbonyl (C=O) groups excluding carboxylic acids is 1. The maximum Gasteiger partial charge on any atom is 0.274 e. The summed E-state index contributed by atoms with van der Waals surface area (Å²) < 4.78 is 5.10. The molecule has 0 aliphatic rings. The number of aryl methyl sites for hydroxylation is 1. The molecule has 2 aromatic carbocycles. The number of hydrogen-bond acceptors (Lipinski definition) is 5. The number of benzene rings is 2. The third kappa shape index (κ3) is 4.29. The second-order valence-electron chi connectivity index (χ2n) is 5.51. The maximum absolute atomic E-state index is 12.5. The quantitative estimate of drug-likeness (QED) is 0.696. The summed E-state index contributed by atoms with van der Waals surface area (Å²) in [6.45, 7) is 1.80. The van der Waals surface area contributed by atoms with Crippen molar-refractivity contribution in [2.45, 2.75) is 6.92 Å². The van der Waals surface area contributed by atoms with Gasteiger partial charge in [-0.25, -0.2) is 9.97 Å². The number of rotatable bonds is 5. The van der Waals surface area contributed by atoms with Crippen LogP contribution in [0.1, 0.15) is 16.2 Å². The Labute approximate surface area is 156 Å². The van der Waals surface area contributed by atoms with Gasteiger partial charge in [-0.1, -0.05) is 29.8 Å². The van der Waals surface area contributed by atoms with Crippen LogP contribution in [0.5, 0.6) is 5.75 Å². The number of amides is 1. The van der Waals surface area contributed by atoms with Gasteiger partial charge in [0.25, 0.3) is 5.91 Å². The van der Waals surface area contributed by atoms with Crippen LogP contribution in [0.25, 0.3) is 0 Å². The van der Waals surface area contributed by atoms with Crippen LogP contribution in [0, 0.1) is 6.92 Å². The Morgan fingerprint density at radius 3 is 2.50 bits per heavy atom. The second kappa shape index (κ2) is 7.84. The molecule has 3 rings (SSSR count). The van der Waals surface area contributed by atoms with Crippen molar-refractivity contribution >= 4 is 34.8 Å². The highest BCUT2D eigenvalue weighted by Crippen LogP contribution is 2.27. The zero-order chi connectivity index (χ0) is 18.5. The smallest absolute Gasteiger partial charge is 0.274 e. The first-order valence-corrected chi connectivity index (χ1v) is 8.25. The van der Waals surface area contributed by atoms with Crippen LogP contribution in [-0.4, -0.2) is 23.0 Å². The fourth-order valence-corrected chi connectivity index (χ4v) is 2.59. The fraction of sp³-hybridized carbons (Fsp3) is 0.105. The van der Waals surface area contributed by atoms with Gasteiger partial charge in [0.2, 0.25) is 5.95 Å². The molecule has 0 spiro atoms. The number of para-hydroxylation sites is 1. The van der Waals surface area contributed by atoms with Gasteiger partial charge in [-0.2, -0.15) is 0 Å². The van der Waals surface area contributed by atoms with Crippen LogP contribution in [0.3, 0.4) is 0 Å². The summed E-state index contributed by atoms with van der Waals surface area (Å²) in [4.78, 5) is 21.1. The van der Waals surface area contributed by atoms with E-state index in [-0.39, 0.29) is 11.6 Å². The molecule has 6 nitrogen and oxygen atoms in total. The molecule has 0 saturated heterocycles. The molecule has 1 aromatic heterocycles. The van der Waals surface area contributed by atoms with E-state index in [0.717, 1.165) is 5.69 Å². The first-order chi connectivity index (χ1) is 12.5. The summed E-state index contributed by atoms with van der Waals surface area (Å²) in [7, 11) is 1.53. The van der Waals surface area contributed by atoms with E-state index in [9.17, 15) is 4.79 Å². The number of hydrogen-bond donors (Lipinski definition) is 2. The second-order valence-corrected chi connectivity index (χ2v) is 5.92. The van der Waals surface area contributed by atoms with Crippen molar-refractivity contribution in [3.63, 3.8) is 0 Å². The fourth-order valence-electron chi connectivity index (χ4n) is 2.33. The maximum atomic E-state index is 12.5. The first-order valence-electron chi connectivity index (χ1n) is 7.88. The Kier molecular flexibility index (Phi) is 5.34. The van der Waals surface area contributed by atoms with Gasteiger partial charge in [-0.15, -0.1) is 0 Å². The number of aromatic nitrogens is 2. The van der Waals surface area contributed by atoms with Gasteiger partial charge >= 0.3 is 0 Å². The van der Waals surface area contributed by atoms with E-state index in [1.54, 1.807) is 31.2 Å². The molecule has 1 amide bonds. The van der Waals surface area contributed by atoms with Crippen LogP contribution < -0.4 is 15.4 Å². The molecular weight excluding hydrogens is 352 g/mol.